The molecule has 1 aliphatic rings. The summed E-state index contributed by atoms with van der Waals surface area (Å²) in [4.78, 5) is 16.4. The van der Waals surface area contributed by atoms with Crippen LogP contribution in [0.15, 0.2) is 18.3 Å². The van der Waals surface area contributed by atoms with Gasteiger partial charge in [0.2, 0.25) is 6.41 Å². The summed E-state index contributed by atoms with van der Waals surface area (Å²) < 4.78 is 0. The van der Waals surface area contributed by atoms with Gasteiger partial charge in [-0.1, -0.05) is 6.07 Å². The van der Waals surface area contributed by atoms with Crippen molar-refractivity contribution in [1.82, 2.24) is 9.88 Å². The van der Waals surface area contributed by atoms with Crippen LogP contribution in [0.4, 0.5) is 0 Å². The van der Waals surface area contributed by atoms with Gasteiger partial charge in [-0.25, -0.2) is 0 Å². The van der Waals surface area contributed by atoms with Gasteiger partial charge in [-0.2, -0.15) is 0 Å². The van der Waals surface area contributed by atoms with E-state index in [2.05, 4.69) is 11.1 Å². The summed E-state index contributed by atoms with van der Waals surface area (Å²) in [5.41, 5.74) is 2.31. The Morgan fingerprint density at radius 3 is 3.33 bits per heavy atom. The topological polar surface area (TPSA) is 33.2 Å². The minimum Gasteiger partial charge on any atom is -0.339 e. The second kappa shape index (κ2) is 2.93. The van der Waals surface area contributed by atoms with E-state index in [1.54, 1.807) is 11.1 Å². The van der Waals surface area contributed by atoms with E-state index < -0.39 is 0 Å². The lowest BCUT2D eigenvalue weighted by Gasteiger charge is -2.23. The molecule has 0 aromatic carbocycles. The van der Waals surface area contributed by atoms with Crippen molar-refractivity contribution in [2.45, 2.75) is 13.0 Å². The molecule has 2 heterocycles. The average molecular weight is 162 g/mol. The molecule has 3 heteroatoms. The van der Waals surface area contributed by atoms with Crippen LogP contribution < -0.4 is 0 Å². The highest BCUT2D eigenvalue weighted by Crippen LogP contribution is 2.14. The zero-order chi connectivity index (χ0) is 8.39. The van der Waals surface area contributed by atoms with E-state index in [4.69, 9.17) is 0 Å². The molecule has 1 aliphatic heterocycles. The molecule has 0 spiro atoms. The lowest BCUT2D eigenvalue weighted by molar-refractivity contribution is -0.118. The number of amides is 1. The van der Waals surface area contributed by atoms with Crippen LogP contribution in [0.5, 0.6) is 0 Å². The van der Waals surface area contributed by atoms with Gasteiger partial charge in [0.15, 0.2) is 0 Å². The molecular weight excluding hydrogens is 152 g/mol. The fourth-order valence-corrected chi connectivity index (χ4v) is 1.47. The van der Waals surface area contributed by atoms with Crippen LogP contribution in [0.25, 0.3) is 0 Å². The van der Waals surface area contributed by atoms with Crippen molar-refractivity contribution < 1.29 is 4.79 Å². The van der Waals surface area contributed by atoms with E-state index in [1.165, 1.54) is 5.56 Å². The first-order valence-electron chi connectivity index (χ1n) is 4.02. The van der Waals surface area contributed by atoms with Crippen molar-refractivity contribution >= 4 is 6.41 Å². The Morgan fingerprint density at radius 1 is 1.58 bits per heavy atom. The molecular formula is C9H10N2O. The Hall–Kier alpha value is -1.38. The molecule has 0 aliphatic carbocycles. The Labute approximate surface area is 71.0 Å². The van der Waals surface area contributed by atoms with Crippen LogP contribution in [-0.2, 0) is 17.8 Å². The highest BCUT2D eigenvalue weighted by molar-refractivity contribution is 5.48. The summed E-state index contributed by atoms with van der Waals surface area (Å²) in [6, 6.07) is 4.01. The zero-order valence-electron chi connectivity index (χ0n) is 6.73. The van der Waals surface area contributed by atoms with Crippen LogP contribution in [0.1, 0.15) is 11.3 Å². The molecule has 12 heavy (non-hydrogen) atoms. The van der Waals surface area contributed by atoms with Gasteiger partial charge < -0.3 is 4.90 Å². The molecule has 0 unspecified atom stereocenters. The molecule has 0 bridgehead atoms. The summed E-state index contributed by atoms with van der Waals surface area (Å²) in [6.07, 6.45) is 3.59. The molecule has 1 aromatic rings. The fourth-order valence-electron chi connectivity index (χ4n) is 1.47. The maximum atomic E-state index is 10.5. The van der Waals surface area contributed by atoms with Gasteiger partial charge in [-0.15, -0.1) is 0 Å². The molecule has 1 aromatic heterocycles. The van der Waals surface area contributed by atoms with E-state index in [1.807, 2.05) is 6.07 Å². The monoisotopic (exact) mass is 162 g/mol. The first-order chi connectivity index (χ1) is 5.90. The van der Waals surface area contributed by atoms with Crippen LogP contribution in [0, 0.1) is 0 Å². The maximum Gasteiger partial charge on any atom is 0.210 e. The number of carbonyl (C=O) groups is 1. The molecule has 0 atom stereocenters. The van der Waals surface area contributed by atoms with Crippen molar-refractivity contribution in [3.8, 4) is 0 Å². The van der Waals surface area contributed by atoms with Crippen molar-refractivity contribution in [3.05, 3.63) is 29.6 Å². The quantitative estimate of drug-likeness (QED) is 0.566. The van der Waals surface area contributed by atoms with Crippen molar-refractivity contribution in [3.63, 3.8) is 0 Å². The Balaban J connectivity index is 2.28. The lowest BCUT2D eigenvalue weighted by Crippen LogP contribution is -2.29. The highest BCUT2D eigenvalue weighted by atomic mass is 16.1. The van der Waals surface area contributed by atoms with Gasteiger partial charge >= 0.3 is 0 Å². The van der Waals surface area contributed by atoms with Crippen molar-refractivity contribution in [2.24, 2.45) is 0 Å². The first-order valence-corrected chi connectivity index (χ1v) is 4.02. The zero-order valence-corrected chi connectivity index (χ0v) is 6.73. The van der Waals surface area contributed by atoms with Crippen molar-refractivity contribution in [2.75, 3.05) is 6.54 Å². The Kier molecular flexibility index (Phi) is 1.78. The molecule has 3 nitrogen and oxygen atoms in total. The molecule has 0 saturated heterocycles. The predicted octanol–water partition coefficient (Wildman–Crippen LogP) is 0.596. The van der Waals surface area contributed by atoms with Gasteiger partial charge in [0.05, 0.1) is 12.2 Å². The molecule has 0 radical (unpaired) electrons. The fraction of sp³-hybridized carbons (Fsp3) is 0.333. The molecule has 0 fully saturated rings. The normalized spacial score (nSPS) is 15.5. The lowest BCUT2D eigenvalue weighted by atomic mass is 10.1. The largest absolute Gasteiger partial charge is 0.339 e. The Morgan fingerprint density at radius 2 is 2.50 bits per heavy atom. The molecule has 0 saturated carbocycles. The van der Waals surface area contributed by atoms with Crippen LogP contribution >= 0.6 is 0 Å². The second-order valence-corrected chi connectivity index (χ2v) is 2.94. The standard InChI is InChI=1S/C9H10N2O/c12-7-11-5-3-8-2-1-4-10-9(8)6-11/h1-2,4,7H,3,5-6H2. The SMILES string of the molecule is O=CN1CCc2cccnc2C1. The molecule has 1 amide bonds. The first kappa shape index (κ1) is 7.28. The number of hydrogen-bond acceptors (Lipinski definition) is 2. The number of carbonyl (C=O) groups excluding carboxylic acids is 1. The predicted molar refractivity (Wildman–Crippen MR) is 44.4 cm³/mol. The number of pyridine rings is 1. The van der Waals surface area contributed by atoms with Crippen molar-refractivity contribution in [1.29, 1.82) is 0 Å². The molecule has 62 valence electrons. The third-order valence-electron chi connectivity index (χ3n) is 2.15. The van der Waals surface area contributed by atoms with Gasteiger partial charge in [0.25, 0.3) is 0 Å². The van der Waals surface area contributed by atoms with E-state index >= 15 is 0 Å². The van der Waals surface area contributed by atoms with Gasteiger partial charge in [0.1, 0.15) is 0 Å². The van der Waals surface area contributed by atoms with Gasteiger partial charge in [-0.05, 0) is 18.1 Å². The third kappa shape index (κ3) is 1.18. The highest BCUT2D eigenvalue weighted by Gasteiger charge is 2.14. The number of aromatic nitrogens is 1. The van der Waals surface area contributed by atoms with Crippen LogP contribution in [0.3, 0.4) is 0 Å². The number of fused-ring (bicyclic) bond motifs is 1. The third-order valence-corrected chi connectivity index (χ3v) is 2.15. The summed E-state index contributed by atoms with van der Waals surface area (Å²) in [6.45, 7) is 1.49. The van der Waals surface area contributed by atoms with E-state index in [0.717, 1.165) is 25.1 Å². The second-order valence-electron chi connectivity index (χ2n) is 2.94. The smallest absolute Gasteiger partial charge is 0.210 e. The summed E-state index contributed by atoms with van der Waals surface area (Å²) >= 11 is 0. The van der Waals surface area contributed by atoms with E-state index in [0.29, 0.717) is 6.54 Å². The van der Waals surface area contributed by atoms with Gasteiger partial charge in [0, 0.05) is 12.7 Å². The molecule has 2 rings (SSSR count). The number of hydrogen-bond donors (Lipinski definition) is 0. The minimum atomic E-state index is 0.666. The van der Waals surface area contributed by atoms with Crippen LogP contribution in [0.2, 0.25) is 0 Å². The number of rotatable bonds is 1. The minimum absolute atomic E-state index is 0.666. The number of nitrogens with zero attached hydrogens (tertiary/aromatic N) is 2. The summed E-state index contributed by atoms with van der Waals surface area (Å²) in [5.74, 6) is 0. The van der Waals surface area contributed by atoms with Crippen LogP contribution in [-0.4, -0.2) is 22.8 Å². The van der Waals surface area contributed by atoms with E-state index in [-0.39, 0.29) is 0 Å². The maximum absolute atomic E-state index is 10.5. The van der Waals surface area contributed by atoms with E-state index in [9.17, 15) is 4.79 Å². The van der Waals surface area contributed by atoms with Gasteiger partial charge in [-0.3, -0.25) is 9.78 Å². The Bertz CT molecular complexity index is 298. The summed E-state index contributed by atoms with van der Waals surface area (Å²) in [7, 11) is 0. The summed E-state index contributed by atoms with van der Waals surface area (Å²) in [5, 5.41) is 0. The average Bonchev–Trinajstić information content (AvgIpc) is 2.17. The molecule has 0 N–H and O–H groups in total.